The summed E-state index contributed by atoms with van der Waals surface area (Å²) in [6.45, 7) is 3.21. The number of rotatable bonds is 8. The number of urea groups is 1. The number of hydrogen-bond donors (Lipinski definition) is 3. The van der Waals surface area contributed by atoms with Crippen LogP contribution in [-0.2, 0) is 11.3 Å². The largest absolute Gasteiger partial charge is 0.484 e. The van der Waals surface area contributed by atoms with E-state index in [0.29, 0.717) is 18.8 Å². The minimum absolute atomic E-state index is 0.00602. The third kappa shape index (κ3) is 7.20. The van der Waals surface area contributed by atoms with Crippen LogP contribution in [0.5, 0.6) is 5.75 Å². The summed E-state index contributed by atoms with van der Waals surface area (Å²) in [5.41, 5.74) is 0.966. The van der Waals surface area contributed by atoms with Gasteiger partial charge < -0.3 is 20.7 Å². The summed E-state index contributed by atoms with van der Waals surface area (Å²) < 4.78 is 5.29. The summed E-state index contributed by atoms with van der Waals surface area (Å²) in [5.74, 6) is 0.444. The monoisotopic (exact) mass is 293 g/mol. The first kappa shape index (κ1) is 16.8. The predicted molar refractivity (Wildman–Crippen MR) is 81.2 cm³/mol. The number of nitrogens with one attached hydrogen (secondary N) is 3. The first-order valence-corrected chi connectivity index (χ1v) is 7.09. The van der Waals surface area contributed by atoms with E-state index in [2.05, 4.69) is 22.9 Å². The summed E-state index contributed by atoms with van der Waals surface area (Å²) in [5, 5.41) is 8.05. The van der Waals surface area contributed by atoms with Crippen molar-refractivity contribution < 1.29 is 14.3 Å². The van der Waals surface area contributed by atoms with Gasteiger partial charge in [-0.15, -0.1) is 0 Å². The Morgan fingerprint density at radius 2 is 1.86 bits per heavy atom. The van der Waals surface area contributed by atoms with Gasteiger partial charge in [-0.1, -0.05) is 25.5 Å². The van der Waals surface area contributed by atoms with Crippen molar-refractivity contribution in [1.29, 1.82) is 0 Å². The Morgan fingerprint density at radius 1 is 1.14 bits per heavy atom. The van der Waals surface area contributed by atoms with Gasteiger partial charge in [0.1, 0.15) is 5.75 Å². The fraction of sp³-hybridized carbons (Fsp3) is 0.467. The molecule has 0 atom stereocenters. The van der Waals surface area contributed by atoms with Crippen molar-refractivity contribution in [1.82, 2.24) is 16.0 Å². The Morgan fingerprint density at radius 3 is 2.48 bits per heavy atom. The molecule has 0 aliphatic rings. The first-order chi connectivity index (χ1) is 10.2. The standard InChI is InChI=1S/C15H23N3O3/c1-3-4-9-17-15(20)18-10-12-5-7-13(8-6-12)21-11-14(19)16-2/h5-8H,3-4,9-11H2,1-2H3,(H,16,19)(H2,17,18,20). The number of ether oxygens (including phenoxy) is 1. The topological polar surface area (TPSA) is 79.5 Å². The van der Waals surface area contributed by atoms with Gasteiger partial charge in [0.2, 0.25) is 0 Å². The second-order valence-corrected chi connectivity index (χ2v) is 4.57. The average Bonchev–Trinajstić information content (AvgIpc) is 2.51. The molecule has 0 heterocycles. The molecule has 0 fully saturated rings. The predicted octanol–water partition coefficient (Wildman–Crippen LogP) is 1.41. The van der Waals surface area contributed by atoms with Gasteiger partial charge in [0.05, 0.1) is 0 Å². The lowest BCUT2D eigenvalue weighted by atomic mass is 10.2. The van der Waals surface area contributed by atoms with Gasteiger partial charge in [0.15, 0.2) is 6.61 Å². The van der Waals surface area contributed by atoms with E-state index in [9.17, 15) is 9.59 Å². The smallest absolute Gasteiger partial charge is 0.315 e. The van der Waals surface area contributed by atoms with Crippen LogP contribution < -0.4 is 20.7 Å². The summed E-state index contributed by atoms with van der Waals surface area (Å²) in [6.07, 6.45) is 2.03. The van der Waals surface area contributed by atoms with Crippen molar-refractivity contribution in [2.45, 2.75) is 26.3 Å². The summed E-state index contributed by atoms with van der Waals surface area (Å²) in [6, 6.07) is 7.09. The van der Waals surface area contributed by atoms with Crippen molar-refractivity contribution in [3.8, 4) is 5.75 Å². The molecule has 0 unspecified atom stereocenters. The summed E-state index contributed by atoms with van der Waals surface area (Å²) >= 11 is 0. The van der Waals surface area contributed by atoms with E-state index in [0.717, 1.165) is 18.4 Å². The third-order valence-electron chi connectivity index (χ3n) is 2.84. The van der Waals surface area contributed by atoms with E-state index >= 15 is 0 Å². The summed E-state index contributed by atoms with van der Waals surface area (Å²) in [4.78, 5) is 22.5. The molecule has 6 heteroatoms. The minimum atomic E-state index is -0.176. The highest BCUT2D eigenvalue weighted by molar-refractivity contribution is 5.77. The number of benzene rings is 1. The van der Waals surface area contributed by atoms with Crippen molar-refractivity contribution in [3.63, 3.8) is 0 Å². The molecule has 1 rings (SSSR count). The number of unbranched alkanes of at least 4 members (excludes halogenated alkanes) is 1. The van der Waals surface area contributed by atoms with Crippen LogP contribution in [0.4, 0.5) is 4.79 Å². The second-order valence-electron chi connectivity index (χ2n) is 4.57. The lowest BCUT2D eigenvalue weighted by Gasteiger charge is -2.08. The van der Waals surface area contributed by atoms with Crippen molar-refractivity contribution in [2.75, 3.05) is 20.2 Å². The molecule has 21 heavy (non-hydrogen) atoms. The number of likely N-dealkylation sites (N-methyl/N-ethyl adjacent to an activating group) is 1. The van der Waals surface area contributed by atoms with Crippen LogP contribution in [0.1, 0.15) is 25.3 Å². The Hall–Kier alpha value is -2.24. The quantitative estimate of drug-likeness (QED) is 0.634. The first-order valence-electron chi connectivity index (χ1n) is 7.09. The van der Waals surface area contributed by atoms with Gasteiger partial charge in [-0.2, -0.15) is 0 Å². The molecule has 3 N–H and O–H groups in total. The van der Waals surface area contributed by atoms with Gasteiger partial charge >= 0.3 is 6.03 Å². The lowest BCUT2D eigenvalue weighted by Crippen LogP contribution is -2.35. The fourth-order valence-corrected chi connectivity index (χ4v) is 1.55. The fourth-order valence-electron chi connectivity index (χ4n) is 1.55. The molecule has 0 aliphatic carbocycles. The molecular weight excluding hydrogens is 270 g/mol. The summed E-state index contributed by atoms with van der Waals surface area (Å²) in [7, 11) is 1.56. The Balaban J connectivity index is 2.30. The highest BCUT2D eigenvalue weighted by Gasteiger charge is 2.02. The molecule has 0 aliphatic heterocycles. The molecule has 1 aromatic rings. The zero-order valence-electron chi connectivity index (χ0n) is 12.6. The highest BCUT2D eigenvalue weighted by Crippen LogP contribution is 2.11. The molecule has 0 aromatic heterocycles. The van der Waals surface area contributed by atoms with E-state index in [4.69, 9.17) is 4.74 Å². The van der Waals surface area contributed by atoms with E-state index in [1.165, 1.54) is 0 Å². The van der Waals surface area contributed by atoms with Gasteiger partial charge in [0, 0.05) is 20.1 Å². The second kappa shape index (κ2) is 9.63. The zero-order chi connectivity index (χ0) is 15.5. The van der Waals surface area contributed by atoms with Crippen LogP contribution in [0.25, 0.3) is 0 Å². The van der Waals surface area contributed by atoms with E-state index in [1.54, 1.807) is 19.2 Å². The van der Waals surface area contributed by atoms with Gasteiger partial charge in [0.25, 0.3) is 5.91 Å². The molecule has 0 saturated heterocycles. The number of amides is 3. The number of carbonyl (C=O) groups is 2. The normalized spacial score (nSPS) is 9.81. The number of carbonyl (C=O) groups excluding carboxylic acids is 2. The van der Waals surface area contributed by atoms with Crippen molar-refractivity contribution in [2.24, 2.45) is 0 Å². The van der Waals surface area contributed by atoms with E-state index in [1.807, 2.05) is 12.1 Å². The molecule has 0 bridgehead atoms. The maximum absolute atomic E-state index is 11.5. The van der Waals surface area contributed by atoms with Crippen LogP contribution in [0.2, 0.25) is 0 Å². The minimum Gasteiger partial charge on any atom is -0.484 e. The van der Waals surface area contributed by atoms with E-state index in [-0.39, 0.29) is 18.5 Å². The van der Waals surface area contributed by atoms with Crippen molar-refractivity contribution in [3.05, 3.63) is 29.8 Å². The maximum atomic E-state index is 11.5. The molecule has 1 aromatic carbocycles. The molecule has 3 amide bonds. The van der Waals surface area contributed by atoms with E-state index < -0.39 is 0 Å². The molecular formula is C15H23N3O3. The zero-order valence-corrected chi connectivity index (χ0v) is 12.6. The molecule has 6 nitrogen and oxygen atoms in total. The maximum Gasteiger partial charge on any atom is 0.315 e. The van der Waals surface area contributed by atoms with Crippen LogP contribution >= 0.6 is 0 Å². The van der Waals surface area contributed by atoms with Gasteiger partial charge in [-0.05, 0) is 24.1 Å². The molecule has 0 saturated carbocycles. The SMILES string of the molecule is CCCCNC(=O)NCc1ccc(OCC(=O)NC)cc1. The lowest BCUT2D eigenvalue weighted by molar-refractivity contribution is -0.122. The third-order valence-corrected chi connectivity index (χ3v) is 2.84. The average molecular weight is 293 g/mol. The Bertz CT molecular complexity index is 446. The van der Waals surface area contributed by atoms with Gasteiger partial charge in [-0.25, -0.2) is 4.79 Å². The van der Waals surface area contributed by atoms with Crippen LogP contribution in [0.3, 0.4) is 0 Å². The van der Waals surface area contributed by atoms with Gasteiger partial charge in [-0.3, -0.25) is 4.79 Å². The van der Waals surface area contributed by atoms with Crippen molar-refractivity contribution >= 4 is 11.9 Å². The molecule has 0 spiro atoms. The Kier molecular flexibility index (Phi) is 7.71. The molecule has 116 valence electrons. The Labute approximate surface area is 125 Å². The molecule has 0 radical (unpaired) electrons. The van der Waals surface area contributed by atoms with Crippen LogP contribution in [-0.4, -0.2) is 32.1 Å². The van der Waals surface area contributed by atoms with Crippen LogP contribution in [0.15, 0.2) is 24.3 Å². The highest BCUT2D eigenvalue weighted by atomic mass is 16.5. The van der Waals surface area contributed by atoms with Crippen LogP contribution in [0, 0.1) is 0 Å². The number of hydrogen-bond acceptors (Lipinski definition) is 3.